The highest BCUT2D eigenvalue weighted by atomic mass is 127. The smallest absolute Gasteiger partial charge is 0.243 e. The van der Waals surface area contributed by atoms with Crippen LogP contribution in [0.1, 0.15) is 76.2 Å². The summed E-state index contributed by atoms with van der Waals surface area (Å²) in [5, 5.41) is 7.29. The van der Waals surface area contributed by atoms with Crippen molar-refractivity contribution in [3.05, 3.63) is 42.2 Å². The number of anilines is 3. The minimum atomic E-state index is -0.0225. The summed E-state index contributed by atoms with van der Waals surface area (Å²) in [4.78, 5) is 21.1. The van der Waals surface area contributed by atoms with Crippen LogP contribution < -0.4 is 16.1 Å². The number of hydroxylamine groups is 1. The Kier molecular flexibility index (Phi) is 13.1. The van der Waals surface area contributed by atoms with Gasteiger partial charge in [0.1, 0.15) is 24.1 Å². The fourth-order valence-corrected chi connectivity index (χ4v) is 6.75. The molecular formula is C26H36I2N6O2P2. The number of pyridine rings is 1. The minimum Gasteiger partial charge on any atom is -0.380 e. The molecule has 38 heavy (non-hydrogen) atoms. The molecule has 1 saturated carbocycles. The number of nitrogens with one attached hydrogen (secondary N) is 3. The van der Waals surface area contributed by atoms with Crippen molar-refractivity contribution in [3.8, 4) is 0 Å². The molecule has 4 rings (SSSR count). The van der Waals surface area contributed by atoms with E-state index in [1.54, 1.807) is 0 Å². The molecular weight excluding hydrogens is 744 g/mol. The van der Waals surface area contributed by atoms with Crippen LogP contribution in [-0.4, -0.2) is 26.3 Å². The van der Waals surface area contributed by atoms with Crippen LogP contribution >= 0.6 is 56.9 Å². The van der Waals surface area contributed by atoms with Gasteiger partial charge in [0.05, 0.1) is 12.1 Å². The third-order valence-corrected chi connectivity index (χ3v) is 9.77. The van der Waals surface area contributed by atoms with Crippen molar-refractivity contribution in [1.82, 2.24) is 19.8 Å². The Hall–Kier alpha value is -0.810. The Morgan fingerprint density at radius 3 is 2.58 bits per heavy atom. The summed E-state index contributed by atoms with van der Waals surface area (Å²) >= 11 is 4.47. The van der Waals surface area contributed by atoms with Crippen LogP contribution in [0.25, 0.3) is 11.2 Å². The fourth-order valence-electron chi connectivity index (χ4n) is 4.87. The third-order valence-electron chi connectivity index (χ3n) is 6.86. The Bertz CT molecular complexity index is 1160. The Morgan fingerprint density at radius 1 is 1.05 bits per heavy atom. The monoisotopic (exact) mass is 780 g/mol. The predicted molar refractivity (Wildman–Crippen MR) is 178 cm³/mol. The number of nitrogens with zero attached hydrogens (tertiary/aromatic N) is 3. The Morgan fingerprint density at radius 2 is 1.82 bits per heavy atom. The van der Waals surface area contributed by atoms with Gasteiger partial charge in [-0.2, -0.15) is 0 Å². The van der Waals surface area contributed by atoms with E-state index < -0.39 is 0 Å². The molecule has 3 aromatic rings. The first kappa shape index (κ1) is 30.2. The summed E-state index contributed by atoms with van der Waals surface area (Å²) in [6.45, 7) is 0.255. The van der Waals surface area contributed by atoms with Crippen LogP contribution in [0.4, 0.5) is 17.2 Å². The second kappa shape index (κ2) is 16.5. The van der Waals surface area contributed by atoms with Crippen molar-refractivity contribution < 1.29 is 9.42 Å². The van der Waals surface area contributed by atoms with Gasteiger partial charge in [0.2, 0.25) is 5.91 Å². The number of imidazole rings is 1. The van der Waals surface area contributed by atoms with Crippen molar-refractivity contribution in [3.63, 3.8) is 0 Å². The zero-order chi connectivity index (χ0) is 26.6. The molecule has 0 bridgehead atoms. The summed E-state index contributed by atoms with van der Waals surface area (Å²) in [6, 6.07) is 11.3. The molecule has 1 fully saturated rings. The summed E-state index contributed by atoms with van der Waals surface area (Å²) in [5.41, 5.74) is 7.79. The van der Waals surface area contributed by atoms with Gasteiger partial charge < -0.3 is 10.6 Å². The maximum Gasteiger partial charge on any atom is 0.243 e. The molecule has 0 spiro atoms. The van der Waals surface area contributed by atoms with Gasteiger partial charge in [-0.1, -0.05) is 50.7 Å². The Labute approximate surface area is 254 Å². The first-order valence-corrected chi connectivity index (χ1v) is 21.4. The Balaban J connectivity index is 1.27. The predicted octanol–water partition coefficient (Wildman–Crippen LogP) is 8.59. The number of aryl methyl sites for hydroxylation is 1. The molecule has 8 nitrogen and oxygen atoms in total. The summed E-state index contributed by atoms with van der Waals surface area (Å²) < 4.78 is 7.06. The van der Waals surface area contributed by atoms with Crippen molar-refractivity contribution in [2.24, 2.45) is 0 Å². The average molecular weight is 780 g/mol. The number of hydrogen-bond donors (Lipinski definition) is 3. The van der Waals surface area contributed by atoms with E-state index in [0.717, 1.165) is 60.5 Å². The van der Waals surface area contributed by atoms with Gasteiger partial charge in [0, 0.05) is 24.2 Å². The van der Waals surface area contributed by atoms with Crippen molar-refractivity contribution in [1.29, 1.82) is 0 Å². The number of amides is 1. The fraction of sp³-hybridized carbons (Fsp3) is 0.500. The molecule has 12 heteroatoms. The topological polar surface area (TPSA) is 93.1 Å². The molecule has 2 atom stereocenters. The zero-order valence-corrected chi connectivity index (χ0v) is 27.8. The van der Waals surface area contributed by atoms with E-state index in [0.29, 0.717) is 18.8 Å². The van der Waals surface area contributed by atoms with E-state index in [1.165, 1.54) is 44.1 Å². The van der Waals surface area contributed by atoms with E-state index in [4.69, 9.17) is 9.61 Å². The highest BCUT2D eigenvalue weighted by Gasteiger charge is 2.17. The largest absolute Gasteiger partial charge is 0.380 e. The molecule has 1 aliphatic rings. The molecule has 1 aliphatic carbocycles. The molecule has 2 aromatic heterocycles. The molecule has 0 saturated heterocycles. The maximum atomic E-state index is 11.5. The lowest BCUT2D eigenvalue weighted by atomic mass is 9.95. The van der Waals surface area contributed by atoms with Crippen LogP contribution in [0.2, 0.25) is 0 Å². The average Bonchev–Trinajstić information content (AvgIpc) is 3.36. The number of hydrogen-bond acceptors (Lipinski definition) is 6. The summed E-state index contributed by atoms with van der Waals surface area (Å²) in [7, 11) is 0. The number of rotatable bonds is 15. The standard InChI is InChI=1S/C26H36I2N6O2P2/c27-37-34-18-29-25-22(30-20-10-6-4-7-11-20)17-23(32-26(25)34)31-21-15-13-19(14-16-21)9-5-2-1-3-8-12-24(35)33-36-38-28/h13-18,20,37-38H,1-12H2,(H,33,35)(H2,30,31,32). The lowest BCUT2D eigenvalue weighted by Gasteiger charge is -2.24. The number of fused-ring (bicyclic) bond motifs is 1. The highest BCUT2D eigenvalue weighted by molar-refractivity contribution is 14.2. The molecule has 1 aromatic carbocycles. The van der Waals surface area contributed by atoms with Crippen LogP contribution in [-0.2, 0) is 15.8 Å². The van der Waals surface area contributed by atoms with E-state index in [1.807, 2.05) is 6.33 Å². The molecule has 1 amide bonds. The molecule has 0 aliphatic heterocycles. The second-order valence-electron chi connectivity index (χ2n) is 9.70. The van der Waals surface area contributed by atoms with Gasteiger partial charge >= 0.3 is 0 Å². The highest BCUT2D eigenvalue weighted by Crippen LogP contribution is 2.34. The lowest BCUT2D eigenvalue weighted by molar-refractivity contribution is -0.127. The van der Waals surface area contributed by atoms with E-state index in [-0.39, 0.29) is 12.4 Å². The van der Waals surface area contributed by atoms with Gasteiger partial charge in [-0.25, -0.2) is 20.1 Å². The number of halogens is 2. The molecule has 2 heterocycles. The number of carbonyl (C=O) groups is 1. The van der Waals surface area contributed by atoms with Crippen molar-refractivity contribution in [2.75, 3.05) is 10.6 Å². The van der Waals surface area contributed by atoms with Crippen molar-refractivity contribution in [2.45, 2.75) is 83.1 Å². The van der Waals surface area contributed by atoms with Gasteiger partial charge in [-0.15, -0.1) is 0 Å². The van der Waals surface area contributed by atoms with Gasteiger partial charge in [0.15, 0.2) is 5.65 Å². The lowest BCUT2D eigenvalue weighted by Crippen LogP contribution is -2.22. The summed E-state index contributed by atoms with van der Waals surface area (Å²) in [5.74, 6) is 0.820. The summed E-state index contributed by atoms with van der Waals surface area (Å²) in [6.07, 6.45) is 15.9. The van der Waals surface area contributed by atoms with E-state index in [2.05, 4.69) is 99.8 Å². The first-order valence-electron chi connectivity index (χ1n) is 13.3. The van der Waals surface area contributed by atoms with Crippen LogP contribution in [0.3, 0.4) is 0 Å². The molecule has 2 unspecified atom stereocenters. The number of carbonyl (C=O) groups excluding carboxylic acids is 1. The molecule has 206 valence electrons. The maximum absolute atomic E-state index is 11.5. The molecule has 0 radical (unpaired) electrons. The van der Waals surface area contributed by atoms with Gasteiger partial charge in [-0.3, -0.25) is 9.13 Å². The van der Waals surface area contributed by atoms with Crippen molar-refractivity contribution >= 4 is 91.2 Å². The second-order valence-corrected chi connectivity index (χ2v) is 13.5. The molecule has 3 N–H and O–H groups in total. The van der Waals surface area contributed by atoms with Gasteiger partial charge in [0.25, 0.3) is 0 Å². The minimum absolute atomic E-state index is 0.0225. The first-order chi connectivity index (χ1) is 18.7. The normalized spacial score (nSPS) is 14.7. The number of aromatic nitrogens is 3. The van der Waals surface area contributed by atoms with Crippen LogP contribution in [0.5, 0.6) is 0 Å². The number of unbranched alkanes of at least 4 members (excludes halogenated alkanes) is 4. The quantitative estimate of drug-likeness (QED) is 0.0620. The van der Waals surface area contributed by atoms with E-state index >= 15 is 0 Å². The zero-order valence-electron chi connectivity index (χ0n) is 21.4. The van der Waals surface area contributed by atoms with E-state index in [9.17, 15) is 4.79 Å². The third kappa shape index (κ3) is 9.39. The number of benzene rings is 1. The SMILES string of the molecule is O=C(CCCCCCCc1ccc(Nc2cc(NC3CCCCC3)c3ncn(PI)c3n2)cc1)NOPI. The van der Waals surface area contributed by atoms with Crippen LogP contribution in [0.15, 0.2) is 36.7 Å². The van der Waals surface area contributed by atoms with Gasteiger partial charge in [-0.05, 0) is 93.9 Å². The van der Waals surface area contributed by atoms with Crippen LogP contribution in [0, 0.1) is 0 Å².